The van der Waals surface area contributed by atoms with Crippen LogP contribution in [0.3, 0.4) is 0 Å². The molecule has 0 heterocycles. The molecule has 1 aliphatic rings. The van der Waals surface area contributed by atoms with Gasteiger partial charge in [-0.25, -0.2) is 0 Å². The topological polar surface area (TPSA) is 76.4 Å². The van der Waals surface area contributed by atoms with Gasteiger partial charge in [-0.15, -0.1) is 0 Å². The second-order valence-corrected chi connectivity index (χ2v) is 8.10. The van der Waals surface area contributed by atoms with Crippen LogP contribution in [0.4, 0.5) is 5.69 Å². The van der Waals surface area contributed by atoms with Crippen molar-refractivity contribution in [3.05, 3.63) is 110 Å². The average molecular weight is 425 g/mol. The summed E-state index contributed by atoms with van der Waals surface area (Å²) in [6.07, 6.45) is 9.01. The molecular formula is C28H32N4. The molecule has 32 heavy (non-hydrogen) atoms. The van der Waals surface area contributed by atoms with Gasteiger partial charge in [-0.3, -0.25) is 4.99 Å². The maximum Gasteiger partial charge on any atom is 0.0728 e. The molecule has 0 unspecified atom stereocenters. The van der Waals surface area contributed by atoms with Crippen molar-refractivity contribution in [2.24, 2.45) is 21.9 Å². The van der Waals surface area contributed by atoms with Crippen molar-refractivity contribution in [3.8, 4) is 11.1 Å². The van der Waals surface area contributed by atoms with E-state index in [9.17, 15) is 0 Å². The number of rotatable bonds is 10. The van der Waals surface area contributed by atoms with Gasteiger partial charge in [0.15, 0.2) is 0 Å². The van der Waals surface area contributed by atoms with Gasteiger partial charge < -0.3 is 16.8 Å². The molecule has 0 spiro atoms. The maximum absolute atomic E-state index is 6.10. The molecule has 0 bridgehead atoms. The first-order valence-electron chi connectivity index (χ1n) is 10.7. The van der Waals surface area contributed by atoms with Crippen LogP contribution in [0.15, 0.2) is 109 Å². The highest BCUT2D eigenvalue weighted by Crippen LogP contribution is 2.51. The normalized spacial score (nSPS) is 15.1. The number of nitrogens with one attached hydrogen (secondary N) is 1. The van der Waals surface area contributed by atoms with Crippen molar-refractivity contribution in [2.75, 3.05) is 6.54 Å². The van der Waals surface area contributed by atoms with Crippen molar-refractivity contribution in [2.45, 2.75) is 19.8 Å². The lowest BCUT2D eigenvalue weighted by Crippen LogP contribution is -2.20. The van der Waals surface area contributed by atoms with Crippen LogP contribution in [0.1, 0.15) is 25.3 Å². The second-order valence-electron chi connectivity index (χ2n) is 8.10. The Morgan fingerprint density at radius 1 is 1.06 bits per heavy atom. The highest BCUT2D eigenvalue weighted by atomic mass is 14.9. The van der Waals surface area contributed by atoms with Gasteiger partial charge in [-0.1, -0.05) is 74.4 Å². The quantitative estimate of drug-likeness (QED) is 0.331. The van der Waals surface area contributed by atoms with Gasteiger partial charge in [-0.2, -0.15) is 0 Å². The van der Waals surface area contributed by atoms with Crippen LogP contribution in [-0.4, -0.2) is 12.3 Å². The van der Waals surface area contributed by atoms with Gasteiger partial charge in [0.1, 0.15) is 0 Å². The van der Waals surface area contributed by atoms with E-state index in [0.717, 1.165) is 52.2 Å². The summed E-state index contributed by atoms with van der Waals surface area (Å²) in [6.45, 7) is 15.0. The molecule has 0 saturated heterocycles. The molecule has 0 amide bonds. The lowest BCUT2D eigenvalue weighted by atomic mass is 9.95. The maximum atomic E-state index is 6.10. The minimum atomic E-state index is -0.176. The first-order chi connectivity index (χ1) is 15.4. The van der Waals surface area contributed by atoms with Crippen LogP contribution >= 0.6 is 0 Å². The Kier molecular flexibility index (Phi) is 7.16. The zero-order valence-corrected chi connectivity index (χ0v) is 18.8. The molecule has 164 valence electrons. The Morgan fingerprint density at radius 2 is 1.78 bits per heavy atom. The molecule has 4 heteroatoms. The molecule has 5 N–H and O–H groups in total. The third-order valence-corrected chi connectivity index (χ3v) is 5.86. The minimum Gasteiger partial charge on any atom is -0.405 e. The van der Waals surface area contributed by atoms with Crippen LogP contribution in [0.25, 0.3) is 16.8 Å². The third kappa shape index (κ3) is 5.09. The number of aliphatic imine (C=N–C) groups is 1. The molecule has 1 fully saturated rings. The van der Waals surface area contributed by atoms with Gasteiger partial charge >= 0.3 is 0 Å². The number of nitrogens with two attached hydrogens (primary N) is 2. The predicted octanol–water partition coefficient (Wildman–Crippen LogP) is 5.84. The summed E-state index contributed by atoms with van der Waals surface area (Å²) in [7, 11) is 0. The van der Waals surface area contributed by atoms with Crippen LogP contribution in [0.2, 0.25) is 0 Å². The summed E-state index contributed by atoms with van der Waals surface area (Å²) in [5.41, 5.74) is 18.7. The Bertz CT molecular complexity index is 1100. The van der Waals surface area contributed by atoms with Gasteiger partial charge in [0, 0.05) is 34.6 Å². The standard InChI is InChI=1S/C28H32N4/c1-20(11-8-9-18-29)19-31-21(2)27-25(24-12-6-5-7-13-24)14-10-15-26(27)32-23(4)28(16-17-28)22(3)30/h5-15,18,31H,1-3,16-17,19,29-30H2,4H3/b11-8-,18-9-,32-23?. The zero-order valence-electron chi connectivity index (χ0n) is 18.8. The number of allylic oxidation sites excluding steroid dienone is 3. The van der Waals surface area contributed by atoms with E-state index < -0.39 is 0 Å². The monoisotopic (exact) mass is 424 g/mol. The fraction of sp³-hybridized carbons (Fsp3) is 0.179. The second kappa shape index (κ2) is 10.0. The molecule has 0 radical (unpaired) electrons. The first kappa shape index (κ1) is 22.9. The summed E-state index contributed by atoms with van der Waals surface area (Å²) in [5.74, 6) is 0. The van der Waals surface area contributed by atoms with E-state index in [1.807, 2.05) is 49.4 Å². The highest BCUT2D eigenvalue weighted by Gasteiger charge is 2.47. The fourth-order valence-electron chi connectivity index (χ4n) is 3.76. The van der Waals surface area contributed by atoms with Gasteiger partial charge in [0.2, 0.25) is 0 Å². The lowest BCUT2D eigenvalue weighted by Gasteiger charge is -2.19. The summed E-state index contributed by atoms with van der Waals surface area (Å²) >= 11 is 0. The van der Waals surface area contributed by atoms with E-state index in [1.165, 1.54) is 6.20 Å². The fourth-order valence-corrected chi connectivity index (χ4v) is 3.76. The SMILES string of the molecule is C=C(/C=C\C=C/N)CNC(=C)c1c(N=C(C)C2(C(=C)N)CC2)cccc1-c1ccccc1. The van der Waals surface area contributed by atoms with Crippen molar-refractivity contribution < 1.29 is 0 Å². The Balaban J connectivity index is 1.99. The number of benzene rings is 2. The zero-order chi connectivity index (χ0) is 23.1. The molecule has 0 atom stereocenters. The molecule has 3 rings (SSSR count). The largest absolute Gasteiger partial charge is 0.405 e. The minimum absolute atomic E-state index is 0.176. The van der Waals surface area contributed by atoms with Gasteiger partial charge in [0.05, 0.1) is 5.69 Å². The van der Waals surface area contributed by atoms with Crippen molar-refractivity contribution in [3.63, 3.8) is 0 Å². The smallest absolute Gasteiger partial charge is 0.0728 e. The summed E-state index contributed by atoms with van der Waals surface area (Å²) in [6, 6.07) is 16.4. The molecule has 0 aliphatic heterocycles. The Hall–Kier alpha value is -3.79. The van der Waals surface area contributed by atoms with E-state index >= 15 is 0 Å². The summed E-state index contributed by atoms with van der Waals surface area (Å²) < 4.78 is 0. The number of nitrogens with zero attached hydrogens (tertiary/aromatic N) is 1. The number of hydrogen-bond acceptors (Lipinski definition) is 4. The Labute approximate surface area is 191 Å². The van der Waals surface area contributed by atoms with E-state index in [2.05, 4.69) is 43.3 Å². The third-order valence-electron chi connectivity index (χ3n) is 5.86. The molecule has 2 aromatic rings. The van der Waals surface area contributed by atoms with Gasteiger partial charge in [0.25, 0.3) is 0 Å². The van der Waals surface area contributed by atoms with E-state index in [4.69, 9.17) is 16.5 Å². The highest BCUT2D eigenvalue weighted by molar-refractivity contribution is 5.97. The summed E-state index contributed by atoms with van der Waals surface area (Å²) in [4.78, 5) is 5.02. The van der Waals surface area contributed by atoms with Crippen LogP contribution in [-0.2, 0) is 0 Å². The number of hydrogen-bond donors (Lipinski definition) is 3. The molecular weight excluding hydrogens is 392 g/mol. The summed E-state index contributed by atoms with van der Waals surface area (Å²) in [5, 5.41) is 3.41. The van der Waals surface area contributed by atoms with Gasteiger partial charge in [-0.05, 0) is 54.8 Å². The first-order valence-corrected chi connectivity index (χ1v) is 10.7. The predicted molar refractivity (Wildman–Crippen MR) is 138 cm³/mol. The van der Waals surface area contributed by atoms with Crippen LogP contribution in [0, 0.1) is 5.41 Å². The van der Waals surface area contributed by atoms with Crippen LogP contribution in [0.5, 0.6) is 0 Å². The van der Waals surface area contributed by atoms with E-state index in [1.54, 1.807) is 6.08 Å². The van der Waals surface area contributed by atoms with Crippen LogP contribution < -0.4 is 16.8 Å². The molecule has 4 nitrogen and oxygen atoms in total. The Morgan fingerprint density at radius 3 is 2.41 bits per heavy atom. The lowest BCUT2D eigenvalue weighted by molar-refractivity contribution is 0.822. The average Bonchev–Trinajstić information content (AvgIpc) is 3.60. The van der Waals surface area contributed by atoms with Crippen molar-refractivity contribution >= 4 is 17.1 Å². The molecule has 2 aromatic carbocycles. The molecule has 1 aliphatic carbocycles. The molecule has 1 saturated carbocycles. The molecule has 0 aromatic heterocycles. The van der Waals surface area contributed by atoms with Crippen molar-refractivity contribution in [1.82, 2.24) is 5.32 Å². The van der Waals surface area contributed by atoms with E-state index in [0.29, 0.717) is 12.2 Å². The van der Waals surface area contributed by atoms with E-state index in [-0.39, 0.29) is 5.41 Å². The van der Waals surface area contributed by atoms with Crippen molar-refractivity contribution in [1.29, 1.82) is 0 Å².